The summed E-state index contributed by atoms with van der Waals surface area (Å²) in [5, 5.41) is 14.1. The molecule has 0 spiro atoms. The number of aliphatic hydroxyl groups excluding tert-OH is 1. The Balaban J connectivity index is 1.91. The minimum Gasteiger partial charge on any atom is -0.387 e. The molecule has 0 amide bonds. The molecule has 1 unspecified atom stereocenters. The van der Waals surface area contributed by atoms with Crippen molar-refractivity contribution in [2.24, 2.45) is 0 Å². The van der Waals surface area contributed by atoms with Gasteiger partial charge in [-0.15, -0.1) is 0 Å². The molecule has 2 N–H and O–H groups in total. The van der Waals surface area contributed by atoms with Crippen LogP contribution in [-0.4, -0.2) is 11.7 Å². The third-order valence-corrected chi connectivity index (χ3v) is 3.76. The van der Waals surface area contributed by atoms with Crippen LogP contribution in [0.4, 0.5) is 0 Å². The van der Waals surface area contributed by atoms with E-state index in [1.807, 2.05) is 24.3 Å². The molecular weight excluding hydrogens is 270 g/mol. The van der Waals surface area contributed by atoms with Crippen LogP contribution in [0.1, 0.15) is 29.7 Å². The number of aliphatic hydroxyl groups is 1. The van der Waals surface area contributed by atoms with E-state index in [0.29, 0.717) is 11.6 Å². The van der Waals surface area contributed by atoms with Crippen molar-refractivity contribution >= 4 is 11.6 Å². The van der Waals surface area contributed by atoms with Gasteiger partial charge >= 0.3 is 0 Å². The molecule has 0 aliphatic carbocycles. The van der Waals surface area contributed by atoms with Gasteiger partial charge in [0.25, 0.3) is 0 Å². The van der Waals surface area contributed by atoms with E-state index in [2.05, 4.69) is 30.4 Å². The summed E-state index contributed by atoms with van der Waals surface area (Å²) in [5.41, 5.74) is 3.39. The summed E-state index contributed by atoms with van der Waals surface area (Å²) in [7, 11) is 0. The molecule has 2 nitrogen and oxygen atoms in total. The Morgan fingerprint density at radius 2 is 1.70 bits per heavy atom. The van der Waals surface area contributed by atoms with Crippen LogP contribution in [0.2, 0.25) is 5.02 Å². The predicted molar refractivity (Wildman–Crippen MR) is 83.9 cm³/mol. The van der Waals surface area contributed by atoms with Crippen molar-refractivity contribution in [1.29, 1.82) is 0 Å². The second-order valence-corrected chi connectivity index (χ2v) is 5.20. The lowest BCUT2D eigenvalue weighted by Crippen LogP contribution is -2.21. The predicted octanol–water partition coefficient (Wildman–Crippen LogP) is 3.73. The molecule has 2 aromatic carbocycles. The van der Waals surface area contributed by atoms with Crippen LogP contribution in [0.15, 0.2) is 48.5 Å². The molecule has 0 aliphatic rings. The van der Waals surface area contributed by atoms with Crippen molar-refractivity contribution in [1.82, 2.24) is 5.32 Å². The van der Waals surface area contributed by atoms with Crippen molar-refractivity contribution in [2.75, 3.05) is 6.54 Å². The summed E-state index contributed by atoms with van der Waals surface area (Å²) >= 11 is 6.07. The smallest absolute Gasteiger partial charge is 0.0928 e. The fourth-order valence-corrected chi connectivity index (χ4v) is 2.54. The molecule has 0 aliphatic heterocycles. The van der Waals surface area contributed by atoms with Crippen LogP contribution in [0.5, 0.6) is 0 Å². The second kappa shape index (κ2) is 7.44. The molecule has 0 aromatic heterocycles. The van der Waals surface area contributed by atoms with Gasteiger partial charge in [-0.2, -0.15) is 0 Å². The summed E-state index contributed by atoms with van der Waals surface area (Å²) in [6.07, 6.45) is 0.433. The summed E-state index contributed by atoms with van der Waals surface area (Å²) in [6.45, 7) is 3.39. The first-order valence-corrected chi connectivity index (χ1v) is 7.30. The van der Waals surface area contributed by atoms with E-state index in [-0.39, 0.29) is 0 Å². The van der Waals surface area contributed by atoms with E-state index in [1.165, 1.54) is 11.1 Å². The lowest BCUT2D eigenvalue weighted by molar-refractivity contribution is 0.174. The summed E-state index contributed by atoms with van der Waals surface area (Å²) < 4.78 is 0. The first kappa shape index (κ1) is 15.0. The van der Waals surface area contributed by atoms with Gasteiger partial charge in [0.15, 0.2) is 0 Å². The largest absolute Gasteiger partial charge is 0.387 e. The quantitative estimate of drug-likeness (QED) is 0.849. The Kier molecular flexibility index (Phi) is 5.60. The lowest BCUT2D eigenvalue weighted by atomic mass is 10.1. The highest BCUT2D eigenvalue weighted by Crippen LogP contribution is 2.22. The molecule has 2 rings (SSSR count). The monoisotopic (exact) mass is 289 g/mol. The standard InChI is InChI=1S/C17H20ClNO/c1-2-13-7-3-4-8-14(13)11-19-12-17(20)15-9-5-6-10-16(15)18/h3-10,17,19-20H,2,11-12H2,1H3. The number of nitrogens with one attached hydrogen (secondary N) is 1. The van der Waals surface area contributed by atoms with Gasteiger partial charge in [-0.25, -0.2) is 0 Å². The Bertz CT molecular complexity index is 556. The fraction of sp³-hybridized carbons (Fsp3) is 0.294. The Hall–Kier alpha value is -1.35. The molecule has 106 valence electrons. The van der Waals surface area contributed by atoms with Gasteiger partial charge < -0.3 is 10.4 Å². The van der Waals surface area contributed by atoms with Crippen LogP contribution in [0, 0.1) is 0 Å². The van der Waals surface area contributed by atoms with Gasteiger partial charge in [0.1, 0.15) is 0 Å². The third kappa shape index (κ3) is 3.83. The topological polar surface area (TPSA) is 32.3 Å². The highest BCUT2D eigenvalue weighted by Gasteiger charge is 2.10. The number of benzene rings is 2. The molecule has 20 heavy (non-hydrogen) atoms. The van der Waals surface area contributed by atoms with Gasteiger partial charge in [-0.3, -0.25) is 0 Å². The van der Waals surface area contributed by atoms with Crippen LogP contribution in [-0.2, 0) is 13.0 Å². The van der Waals surface area contributed by atoms with E-state index in [9.17, 15) is 5.11 Å². The molecule has 0 saturated heterocycles. The van der Waals surface area contributed by atoms with Gasteiger partial charge in [0.2, 0.25) is 0 Å². The molecular formula is C17H20ClNO. The van der Waals surface area contributed by atoms with Gasteiger partial charge in [-0.1, -0.05) is 61.0 Å². The number of hydrogen-bond acceptors (Lipinski definition) is 2. The third-order valence-electron chi connectivity index (χ3n) is 3.42. The minimum atomic E-state index is -0.586. The highest BCUT2D eigenvalue weighted by molar-refractivity contribution is 6.31. The Morgan fingerprint density at radius 1 is 1.05 bits per heavy atom. The summed E-state index contributed by atoms with van der Waals surface area (Å²) in [4.78, 5) is 0. The van der Waals surface area contributed by atoms with E-state index in [4.69, 9.17) is 11.6 Å². The zero-order valence-electron chi connectivity index (χ0n) is 11.6. The number of rotatable bonds is 6. The van der Waals surface area contributed by atoms with E-state index < -0.39 is 6.10 Å². The first-order valence-electron chi connectivity index (χ1n) is 6.92. The van der Waals surface area contributed by atoms with Crippen molar-refractivity contribution in [3.8, 4) is 0 Å². The SMILES string of the molecule is CCc1ccccc1CNCC(O)c1ccccc1Cl. The van der Waals surface area contributed by atoms with Crippen LogP contribution in [0.3, 0.4) is 0 Å². The van der Waals surface area contributed by atoms with E-state index in [0.717, 1.165) is 18.5 Å². The van der Waals surface area contributed by atoms with Crippen molar-refractivity contribution in [2.45, 2.75) is 26.0 Å². The Morgan fingerprint density at radius 3 is 2.40 bits per heavy atom. The van der Waals surface area contributed by atoms with Crippen LogP contribution < -0.4 is 5.32 Å². The number of aryl methyl sites for hydroxylation is 1. The highest BCUT2D eigenvalue weighted by atomic mass is 35.5. The normalized spacial score (nSPS) is 12.3. The molecule has 1 atom stereocenters. The molecule has 0 fully saturated rings. The van der Waals surface area contributed by atoms with Crippen molar-refractivity contribution in [3.05, 3.63) is 70.2 Å². The van der Waals surface area contributed by atoms with Crippen molar-refractivity contribution < 1.29 is 5.11 Å². The fourth-order valence-electron chi connectivity index (χ4n) is 2.27. The number of hydrogen-bond donors (Lipinski definition) is 2. The van der Waals surface area contributed by atoms with Gasteiger partial charge in [-0.05, 0) is 23.6 Å². The Labute approximate surface area is 125 Å². The molecule has 2 aromatic rings. The maximum atomic E-state index is 10.2. The van der Waals surface area contributed by atoms with E-state index in [1.54, 1.807) is 6.07 Å². The molecule has 0 radical (unpaired) electrons. The summed E-state index contributed by atoms with van der Waals surface area (Å²) in [5.74, 6) is 0. The first-order chi connectivity index (χ1) is 9.72. The average molecular weight is 290 g/mol. The molecule has 0 bridgehead atoms. The lowest BCUT2D eigenvalue weighted by Gasteiger charge is -2.14. The van der Waals surface area contributed by atoms with E-state index >= 15 is 0 Å². The second-order valence-electron chi connectivity index (χ2n) is 4.79. The molecule has 3 heteroatoms. The zero-order valence-corrected chi connectivity index (χ0v) is 12.4. The van der Waals surface area contributed by atoms with Crippen LogP contribution in [0.25, 0.3) is 0 Å². The maximum absolute atomic E-state index is 10.2. The minimum absolute atomic E-state index is 0.488. The van der Waals surface area contributed by atoms with Gasteiger partial charge in [0.05, 0.1) is 6.10 Å². The van der Waals surface area contributed by atoms with Gasteiger partial charge in [0, 0.05) is 23.7 Å². The number of halogens is 1. The maximum Gasteiger partial charge on any atom is 0.0928 e. The van der Waals surface area contributed by atoms with Crippen molar-refractivity contribution in [3.63, 3.8) is 0 Å². The zero-order chi connectivity index (χ0) is 14.4. The average Bonchev–Trinajstić information content (AvgIpc) is 2.48. The molecule has 0 heterocycles. The van der Waals surface area contributed by atoms with Crippen LogP contribution >= 0.6 is 11.6 Å². The molecule has 0 saturated carbocycles. The summed E-state index contributed by atoms with van der Waals surface area (Å²) in [6, 6.07) is 15.8.